The van der Waals surface area contributed by atoms with Gasteiger partial charge >= 0.3 is 5.97 Å². The van der Waals surface area contributed by atoms with Gasteiger partial charge in [0.1, 0.15) is 12.1 Å². The standard InChI is InChI=1S/C17H15N5O4/c1-9-5-11(9)12-7-22(15-14(12)16(25-2)20-8-19-15)13-6-10(3-4-18-13)17(23)26-21-24/h3-4,6-9,11H,5H2,1-2H3. The molecule has 3 aromatic rings. The van der Waals surface area contributed by atoms with Crippen molar-refractivity contribution < 1.29 is 14.4 Å². The first-order valence-corrected chi connectivity index (χ1v) is 8.04. The van der Waals surface area contributed by atoms with Gasteiger partial charge in [0, 0.05) is 12.4 Å². The fraction of sp³-hybridized carbons (Fsp3) is 0.294. The highest BCUT2D eigenvalue weighted by Crippen LogP contribution is 2.50. The summed E-state index contributed by atoms with van der Waals surface area (Å²) in [4.78, 5) is 39.0. The maximum Gasteiger partial charge on any atom is 0.369 e. The van der Waals surface area contributed by atoms with E-state index in [1.165, 1.54) is 24.7 Å². The fourth-order valence-electron chi connectivity index (χ4n) is 3.19. The highest BCUT2D eigenvalue weighted by Gasteiger charge is 2.37. The van der Waals surface area contributed by atoms with Crippen LogP contribution in [0.1, 0.15) is 35.2 Å². The predicted molar refractivity (Wildman–Crippen MR) is 90.9 cm³/mol. The molecule has 1 fully saturated rings. The van der Waals surface area contributed by atoms with Crippen LogP contribution in [0.3, 0.4) is 0 Å². The van der Waals surface area contributed by atoms with Crippen LogP contribution in [-0.4, -0.2) is 32.6 Å². The Morgan fingerprint density at radius 2 is 2.15 bits per heavy atom. The predicted octanol–water partition coefficient (Wildman–Crippen LogP) is 2.79. The zero-order valence-electron chi connectivity index (χ0n) is 14.1. The van der Waals surface area contributed by atoms with Gasteiger partial charge in [0.15, 0.2) is 11.0 Å². The summed E-state index contributed by atoms with van der Waals surface area (Å²) in [5.74, 6) is 1.11. The SMILES string of the molecule is COc1ncnc2c1c(C1CC1C)cn2-c1cc(C(=O)ON=O)ccn1. The first kappa shape index (κ1) is 16.1. The second-order valence-electron chi connectivity index (χ2n) is 6.21. The van der Waals surface area contributed by atoms with Crippen molar-refractivity contribution in [3.05, 3.63) is 46.9 Å². The van der Waals surface area contributed by atoms with E-state index in [0.29, 0.717) is 29.2 Å². The minimum absolute atomic E-state index is 0.166. The van der Waals surface area contributed by atoms with Crippen LogP contribution in [0.5, 0.6) is 5.88 Å². The van der Waals surface area contributed by atoms with E-state index in [0.717, 1.165) is 17.4 Å². The van der Waals surface area contributed by atoms with Crippen LogP contribution in [0.25, 0.3) is 16.9 Å². The average Bonchev–Trinajstić information content (AvgIpc) is 3.26. The van der Waals surface area contributed by atoms with Crippen molar-refractivity contribution in [1.29, 1.82) is 0 Å². The van der Waals surface area contributed by atoms with Crippen LogP contribution in [0.4, 0.5) is 0 Å². The number of ether oxygens (including phenoxy) is 1. The van der Waals surface area contributed by atoms with Gasteiger partial charge in [-0.25, -0.2) is 19.7 Å². The zero-order valence-corrected chi connectivity index (χ0v) is 14.1. The van der Waals surface area contributed by atoms with Crippen molar-refractivity contribution in [2.75, 3.05) is 7.11 Å². The van der Waals surface area contributed by atoms with E-state index < -0.39 is 5.97 Å². The molecule has 26 heavy (non-hydrogen) atoms. The topological polar surface area (TPSA) is 109 Å². The van der Waals surface area contributed by atoms with Crippen molar-refractivity contribution >= 4 is 17.0 Å². The zero-order chi connectivity index (χ0) is 18.3. The third kappa shape index (κ3) is 2.57. The lowest BCUT2D eigenvalue weighted by Gasteiger charge is -2.05. The number of carbonyl (C=O) groups excluding carboxylic acids is 1. The molecule has 1 saturated carbocycles. The lowest BCUT2D eigenvalue weighted by molar-refractivity contribution is 0.0508. The third-order valence-electron chi connectivity index (χ3n) is 4.63. The van der Waals surface area contributed by atoms with Gasteiger partial charge < -0.3 is 4.74 Å². The molecule has 3 aromatic heterocycles. The first-order chi connectivity index (χ1) is 12.6. The number of hydrogen-bond donors (Lipinski definition) is 0. The highest BCUT2D eigenvalue weighted by molar-refractivity contribution is 5.90. The number of aromatic nitrogens is 4. The number of pyridine rings is 1. The Labute approximate surface area is 147 Å². The van der Waals surface area contributed by atoms with Gasteiger partial charge in [0.25, 0.3) is 0 Å². The molecule has 1 aliphatic rings. The van der Waals surface area contributed by atoms with Crippen LogP contribution in [-0.2, 0) is 4.84 Å². The Balaban J connectivity index is 1.89. The maximum absolute atomic E-state index is 11.8. The van der Waals surface area contributed by atoms with E-state index in [-0.39, 0.29) is 5.56 Å². The molecule has 0 aromatic carbocycles. The number of carbonyl (C=O) groups is 1. The van der Waals surface area contributed by atoms with Gasteiger partial charge in [-0.2, -0.15) is 0 Å². The summed E-state index contributed by atoms with van der Waals surface area (Å²) in [5.41, 5.74) is 1.89. The van der Waals surface area contributed by atoms with Gasteiger partial charge in [0.05, 0.1) is 18.1 Å². The molecule has 1 aliphatic carbocycles. The summed E-state index contributed by atoms with van der Waals surface area (Å²) in [6.45, 7) is 2.19. The molecule has 0 saturated heterocycles. The molecule has 0 bridgehead atoms. The van der Waals surface area contributed by atoms with Crippen LogP contribution in [0.15, 0.2) is 36.2 Å². The van der Waals surface area contributed by atoms with E-state index >= 15 is 0 Å². The average molecular weight is 353 g/mol. The normalized spacial score (nSPS) is 18.5. The smallest absolute Gasteiger partial charge is 0.369 e. The fourth-order valence-corrected chi connectivity index (χ4v) is 3.19. The van der Waals surface area contributed by atoms with Crippen molar-refractivity contribution in [1.82, 2.24) is 19.5 Å². The van der Waals surface area contributed by atoms with E-state index in [1.807, 2.05) is 6.20 Å². The molecule has 132 valence electrons. The van der Waals surface area contributed by atoms with Gasteiger partial charge in [-0.05, 0) is 36.0 Å². The number of fused-ring (bicyclic) bond motifs is 1. The van der Waals surface area contributed by atoms with E-state index in [4.69, 9.17) is 4.74 Å². The van der Waals surface area contributed by atoms with E-state index in [9.17, 15) is 9.70 Å². The molecule has 0 aliphatic heterocycles. The number of nitrogens with zero attached hydrogens (tertiary/aromatic N) is 5. The Morgan fingerprint density at radius 3 is 2.85 bits per heavy atom. The summed E-state index contributed by atoms with van der Waals surface area (Å²) < 4.78 is 7.20. The molecule has 0 amide bonds. The molecule has 9 nitrogen and oxygen atoms in total. The van der Waals surface area contributed by atoms with Crippen LogP contribution in [0.2, 0.25) is 0 Å². The molecule has 3 heterocycles. The summed E-state index contributed by atoms with van der Waals surface area (Å²) >= 11 is 0. The number of methoxy groups -OCH3 is 1. The summed E-state index contributed by atoms with van der Waals surface area (Å²) in [5, 5.41) is 3.01. The minimum atomic E-state index is -0.844. The Kier molecular flexibility index (Phi) is 3.83. The quantitative estimate of drug-likeness (QED) is 0.512. The third-order valence-corrected chi connectivity index (χ3v) is 4.63. The molecular weight excluding hydrogens is 338 g/mol. The summed E-state index contributed by atoms with van der Waals surface area (Å²) in [7, 11) is 1.57. The molecule has 0 N–H and O–H groups in total. The largest absolute Gasteiger partial charge is 0.480 e. The second kappa shape index (κ2) is 6.17. The number of rotatable bonds is 5. The van der Waals surface area contributed by atoms with E-state index in [2.05, 4.69) is 32.1 Å². The van der Waals surface area contributed by atoms with Gasteiger partial charge in [-0.1, -0.05) is 6.92 Å². The molecule has 4 rings (SSSR count). The molecule has 0 spiro atoms. The van der Waals surface area contributed by atoms with E-state index in [1.54, 1.807) is 11.7 Å². The Morgan fingerprint density at radius 1 is 1.35 bits per heavy atom. The molecular formula is C17H15N5O4. The van der Waals surface area contributed by atoms with Crippen molar-refractivity contribution in [2.45, 2.75) is 19.3 Å². The van der Waals surface area contributed by atoms with Gasteiger partial charge in [0.2, 0.25) is 5.88 Å². The first-order valence-electron chi connectivity index (χ1n) is 8.04. The van der Waals surface area contributed by atoms with Crippen molar-refractivity contribution in [3.8, 4) is 11.7 Å². The second-order valence-corrected chi connectivity index (χ2v) is 6.21. The monoisotopic (exact) mass is 353 g/mol. The van der Waals surface area contributed by atoms with Crippen molar-refractivity contribution in [2.24, 2.45) is 11.3 Å². The minimum Gasteiger partial charge on any atom is -0.480 e. The van der Waals surface area contributed by atoms with Crippen molar-refractivity contribution in [3.63, 3.8) is 0 Å². The Hall–Kier alpha value is -3.36. The molecule has 0 radical (unpaired) electrons. The van der Waals surface area contributed by atoms with Crippen LogP contribution >= 0.6 is 0 Å². The van der Waals surface area contributed by atoms with Crippen LogP contribution < -0.4 is 4.74 Å². The Bertz CT molecular complexity index is 1020. The molecule has 2 atom stereocenters. The summed E-state index contributed by atoms with van der Waals surface area (Å²) in [6.07, 6.45) is 5.92. The number of hydrogen-bond acceptors (Lipinski definition) is 8. The highest BCUT2D eigenvalue weighted by atomic mass is 16.7. The molecule has 2 unspecified atom stereocenters. The van der Waals surface area contributed by atoms with Crippen LogP contribution in [0, 0.1) is 10.8 Å². The molecule has 9 heteroatoms. The van der Waals surface area contributed by atoms with Gasteiger partial charge in [-0.15, -0.1) is 4.91 Å². The lowest BCUT2D eigenvalue weighted by atomic mass is 10.1. The van der Waals surface area contributed by atoms with Gasteiger partial charge in [-0.3, -0.25) is 9.40 Å². The lowest BCUT2D eigenvalue weighted by Crippen LogP contribution is -2.04. The maximum atomic E-state index is 11.8. The summed E-state index contributed by atoms with van der Waals surface area (Å²) in [6, 6.07) is 2.96.